The number of H-pyrrole nitrogens is 3. The van der Waals surface area contributed by atoms with Crippen molar-refractivity contribution in [3.8, 4) is 0 Å². The highest BCUT2D eigenvalue weighted by atomic mass is 16.2. The summed E-state index contributed by atoms with van der Waals surface area (Å²) in [5.41, 5.74) is 2.67. The summed E-state index contributed by atoms with van der Waals surface area (Å²) in [6.45, 7) is 13.2. The molecule has 21 nitrogen and oxygen atoms in total. The van der Waals surface area contributed by atoms with Gasteiger partial charge in [-0.25, -0.2) is 49.6 Å². The van der Waals surface area contributed by atoms with Crippen molar-refractivity contribution in [1.82, 2.24) is 59.6 Å². The summed E-state index contributed by atoms with van der Waals surface area (Å²) in [7, 11) is 3.35. The fraction of sp³-hybridized carbons (Fsp3) is 0.529. The molecule has 0 unspecified atom stereocenters. The second-order valence-corrected chi connectivity index (χ2v) is 17.3. The second kappa shape index (κ2) is 22.9. The number of carbonyl (C=O) groups excluding carboxylic acids is 3. The standard InChI is InChI=1S/3C17H22N6O/c3*1-11-5-6-23(15(24)8-18-3)9-14(11)22(4)17-13-7-12(2)21-16(13)19-10-20-17/h3*7,10-11,14H,5-6,8-9H2,1-2,4H3,(H,19,20,21)/t3*11-,14+/m111/s1/i1D3,4D3,7D,11D,14D;1D3,7D,11D;1D3,7D. The number of aromatic nitrogens is 9. The van der Waals surface area contributed by atoms with Gasteiger partial charge < -0.3 is 58.9 Å². The van der Waals surface area contributed by atoms with E-state index in [1.807, 2.05) is 0 Å². The molecule has 0 radical (unpaired) electrons. The van der Waals surface area contributed by atoms with Crippen LogP contribution in [0.4, 0.5) is 17.5 Å². The molecule has 0 saturated carbocycles. The highest BCUT2D eigenvalue weighted by Gasteiger charge is 2.36. The Morgan fingerprint density at radius 1 is 0.611 bits per heavy atom. The molecule has 0 spiro atoms. The molecule has 0 bridgehead atoms. The van der Waals surface area contributed by atoms with E-state index in [0.717, 1.165) is 11.2 Å². The van der Waals surface area contributed by atoms with E-state index in [-0.39, 0.29) is 80.8 Å². The third kappa shape index (κ3) is 11.5. The SMILES string of the molecule is [2H]c1c(C)[nH]c2ncnc(N(C([2H])([2H])[2H])[C@@]3([2H])CN(C(=O)C[N+]#[C-])CC[C@@]3([2H])C([2H])([2H])[2H])c12.[2H]c1c(C)[nH]c2ncnc(N(C)[C@H]3CN(C(=O)C[N+]#[C-])CC[C@@]3([2H])C([2H])([2H])[2H])c12.[2H]c1c(C)[nH]c2ncnc(N(C)[C@H]3CN(C(=O)C[N+]#[C-])CC[C@H]3C([2H])([2H])[2H])c12. The van der Waals surface area contributed by atoms with Crippen LogP contribution in [0.25, 0.3) is 47.6 Å². The summed E-state index contributed by atoms with van der Waals surface area (Å²) in [5.74, 6) is -6.17. The van der Waals surface area contributed by atoms with Gasteiger partial charge in [0.05, 0.1) is 39.7 Å². The van der Waals surface area contributed by atoms with Gasteiger partial charge in [0.2, 0.25) is 0 Å². The number of hydrogen-bond acceptors (Lipinski definition) is 12. The van der Waals surface area contributed by atoms with Crippen LogP contribution < -0.4 is 14.7 Å². The summed E-state index contributed by atoms with van der Waals surface area (Å²) in [4.78, 5) is 87.7. The number of piperidine rings is 3. The van der Waals surface area contributed by atoms with Crippen molar-refractivity contribution < 1.29 is 39.1 Å². The smallest absolute Gasteiger partial charge is 0.302 e. The Labute approximate surface area is 446 Å². The highest BCUT2D eigenvalue weighted by Crippen LogP contribution is 2.32. The first-order valence-electron chi connectivity index (χ1n) is 31.7. The van der Waals surface area contributed by atoms with Crippen LogP contribution in [-0.4, -0.2) is 175 Å². The maximum absolute atomic E-state index is 12.4. The van der Waals surface area contributed by atoms with Crippen molar-refractivity contribution in [2.75, 3.05) is 94.7 Å². The number of carbonyl (C=O) groups is 3. The van der Waals surface area contributed by atoms with E-state index in [1.165, 1.54) is 17.6 Å². The van der Waals surface area contributed by atoms with Crippen molar-refractivity contribution >= 4 is 68.3 Å². The molecule has 378 valence electrons. The highest BCUT2D eigenvalue weighted by molar-refractivity contribution is 5.90. The second-order valence-electron chi connectivity index (χ2n) is 17.3. The van der Waals surface area contributed by atoms with Gasteiger partial charge in [0.25, 0.3) is 19.6 Å². The van der Waals surface area contributed by atoms with Crippen molar-refractivity contribution in [3.63, 3.8) is 0 Å². The van der Waals surface area contributed by atoms with Crippen LogP contribution in [0, 0.1) is 58.2 Å². The van der Waals surface area contributed by atoms with Gasteiger partial charge in [-0.15, -0.1) is 0 Å². The first kappa shape index (κ1) is 32.9. The van der Waals surface area contributed by atoms with Gasteiger partial charge in [0.1, 0.15) is 53.4 Å². The monoisotopic (exact) mass is 997 g/mol. The molecule has 3 aliphatic rings. The van der Waals surface area contributed by atoms with E-state index in [9.17, 15) is 15.8 Å². The molecular formula is C51H66N18O3. The Bertz CT molecular complexity index is 3810. The van der Waals surface area contributed by atoms with E-state index in [0.29, 0.717) is 68.6 Å². The summed E-state index contributed by atoms with van der Waals surface area (Å²) >= 11 is 0. The molecule has 6 aromatic heterocycles. The third-order valence-electron chi connectivity index (χ3n) is 12.5. The third-order valence-corrected chi connectivity index (χ3v) is 12.5. The molecule has 3 N–H and O–H groups in total. The molecule has 9 rings (SSSR count). The van der Waals surface area contributed by atoms with Crippen molar-refractivity contribution in [2.24, 2.45) is 17.7 Å². The van der Waals surface area contributed by atoms with Crippen LogP contribution >= 0.6 is 0 Å². The predicted octanol–water partition coefficient (Wildman–Crippen LogP) is 5.58. The Morgan fingerprint density at radius 2 is 1.01 bits per heavy atom. The molecule has 3 saturated heterocycles. The molecule has 21 heteroatoms. The average Bonchev–Trinajstić information content (AvgIpc) is 1.52. The molecule has 0 aliphatic carbocycles. The van der Waals surface area contributed by atoms with Crippen molar-refractivity contribution in [1.29, 1.82) is 0 Å². The number of amides is 3. The Balaban J connectivity index is 0.000000193. The quantitative estimate of drug-likeness (QED) is 0.152. The summed E-state index contributed by atoms with van der Waals surface area (Å²) in [6, 6.07) is -3.85. The number of rotatable bonds is 9. The van der Waals surface area contributed by atoms with Gasteiger partial charge in [-0.2, -0.15) is 0 Å². The lowest BCUT2D eigenvalue weighted by molar-refractivity contribution is -0.131. The predicted molar refractivity (Wildman–Crippen MR) is 278 cm³/mol. The zero-order valence-corrected chi connectivity index (χ0v) is 40.4. The molecule has 3 aliphatic heterocycles. The zero-order valence-electron chi connectivity index (χ0n) is 58.4. The molecule has 0 aromatic carbocycles. The molecule has 72 heavy (non-hydrogen) atoms. The minimum atomic E-state index is -3.18. The molecule has 6 aromatic rings. The zero-order chi connectivity index (χ0) is 67.2. The van der Waals surface area contributed by atoms with E-state index >= 15 is 0 Å². The number of hydrogen-bond donors (Lipinski definition) is 3. The van der Waals surface area contributed by atoms with Gasteiger partial charge in [0.15, 0.2) is 0 Å². The van der Waals surface area contributed by atoms with Gasteiger partial charge in [-0.3, -0.25) is 14.4 Å². The van der Waals surface area contributed by atoms with E-state index in [4.69, 9.17) is 43.0 Å². The number of nitrogens with one attached hydrogen (secondary N) is 3. The van der Waals surface area contributed by atoms with E-state index in [2.05, 4.69) is 59.4 Å². The summed E-state index contributed by atoms with van der Waals surface area (Å²) in [5, 5.41) is 0.914. The normalized spacial score (nSPS) is 28.2. The lowest BCUT2D eigenvalue weighted by Crippen LogP contribution is -2.53. The fourth-order valence-corrected chi connectivity index (χ4v) is 8.72. The summed E-state index contributed by atoms with van der Waals surface area (Å²) in [6.07, 6.45) is 3.42. The Kier molecular flexibility index (Phi) is 10.5. The van der Waals surface area contributed by atoms with Crippen molar-refractivity contribution in [3.05, 3.63) is 88.4 Å². The maximum Gasteiger partial charge on any atom is 0.302 e. The van der Waals surface area contributed by atoms with E-state index < -0.39 is 100 Å². The van der Waals surface area contributed by atoms with Gasteiger partial charge in [-0.05, 0) is 75.9 Å². The number of likely N-dealkylation sites (tertiary alicyclic amines) is 3. The lowest BCUT2D eigenvalue weighted by atomic mass is 9.92. The fourth-order valence-electron chi connectivity index (χ4n) is 8.72. The Hall–Kier alpha value is -7.86. The molecule has 6 atom stereocenters. The number of anilines is 3. The summed E-state index contributed by atoms with van der Waals surface area (Å²) < 4.78 is 148. The van der Waals surface area contributed by atoms with Gasteiger partial charge in [-0.1, -0.05) is 20.6 Å². The number of nitrogens with zero attached hydrogens (tertiary/aromatic N) is 15. The molecule has 3 fully saturated rings. The van der Waals surface area contributed by atoms with Crippen LogP contribution in [0.2, 0.25) is 0 Å². The molecule has 9 heterocycles. The number of fused-ring (bicyclic) bond motifs is 3. The molecular weight excluding hydrogens is 913 g/mol. The molecule has 3 amide bonds. The van der Waals surface area contributed by atoms with Gasteiger partial charge in [0, 0.05) is 96.6 Å². The first-order chi connectivity index (χ1) is 41.7. The minimum Gasteiger partial charge on any atom is -0.354 e. The Morgan fingerprint density at radius 3 is 1.44 bits per heavy atom. The maximum atomic E-state index is 12.4. The average molecular weight is 997 g/mol. The topological polar surface area (TPSA) is 208 Å². The van der Waals surface area contributed by atoms with Crippen LogP contribution in [0.1, 0.15) is 81.6 Å². The van der Waals surface area contributed by atoms with Gasteiger partial charge >= 0.3 is 17.7 Å². The number of aryl methyl sites for hydroxylation is 3. The van der Waals surface area contributed by atoms with Crippen LogP contribution in [0.5, 0.6) is 0 Å². The van der Waals surface area contributed by atoms with Crippen LogP contribution in [-0.2, 0) is 14.4 Å². The number of likely N-dealkylation sites (N-methyl/N-ethyl adjacent to an activating group) is 3. The van der Waals surface area contributed by atoms with E-state index in [1.54, 1.807) is 49.6 Å². The van der Waals surface area contributed by atoms with Crippen molar-refractivity contribution in [2.45, 2.75) is 78.7 Å². The van der Waals surface area contributed by atoms with Crippen LogP contribution in [0.15, 0.2) is 37.1 Å². The number of aromatic amines is 3. The first-order valence-corrected chi connectivity index (χ1v) is 22.7. The minimum absolute atomic E-state index is 0.0189. The largest absolute Gasteiger partial charge is 0.354 e. The lowest BCUT2D eigenvalue weighted by Gasteiger charge is -2.41. The van der Waals surface area contributed by atoms with Crippen LogP contribution in [0.3, 0.4) is 0 Å².